The van der Waals surface area contributed by atoms with Gasteiger partial charge in [-0.25, -0.2) is 22.8 Å². The number of benzene rings is 2. The number of fused-ring (bicyclic) bond motifs is 2. The van der Waals surface area contributed by atoms with Crippen molar-refractivity contribution in [2.75, 3.05) is 11.1 Å². The summed E-state index contributed by atoms with van der Waals surface area (Å²) in [5, 5.41) is 8.00. The first-order chi connectivity index (χ1) is 17.6. The summed E-state index contributed by atoms with van der Waals surface area (Å²) in [4.78, 5) is 41.8. The van der Waals surface area contributed by atoms with Gasteiger partial charge in [0.05, 0.1) is 22.8 Å². The third-order valence-electron chi connectivity index (χ3n) is 5.76. The molecule has 0 saturated carbocycles. The van der Waals surface area contributed by atoms with Gasteiger partial charge in [0.1, 0.15) is 5.39 Å². The topological polar surface area (TPSA) is 145 Å². The molecule has 2 amide bonds. The molecule has 1 unspecified atom stereocenters. The van der Waals surface area contributed by atoms with Crippen LogP contribution in [0.2, 0.25) is 0 Å². The van der Waals surface area contributed by atoms with E-state index >= 15 is 0 Å². The zero-order chi connectivity index (χ0) is 26.3. The number of aromatic nitrogens is 4. The molecule has 2 aromatic heterocycles. The molecule has 2 aromatic carbocycles. The lowest BCUT2D eigenvalue weighted by Crippen LogP contribution is -2.28. The van der Waals surface area contributed by atoms with Crippen LogP contribution < -0.4 is 15.6 Å². The third kappa shape index (κ3) is 4.87. The molecule has 5 rings (SSSR count). The van der Waals surface area contributed by atoms with Gasteiger partial charge in [0.25, 0.3) is 15.6 Å². The summed E-state index contributed by atoms with van der Waals surface area (Å²) in [7, 11) is -3.96. The highest BCUT2D eigenvalue weighted by Gasteiger charge is 2.29. The number of carbonyl (C=O) groups excluding carboxylic acids is 2. The van der Waals surface area contributed by atoms with Crippen molar-refractivity contribution in [1.82, 2.24) is 24.1 Å². The number of aryl methyl sites for hydroxylation is 1. The van der Waals surface area contributed by atoms with Crippen molar-refractivity contribution < 1.29 is 18.0 Å². The molecule has 1 atom stereocenters. The fraction of sp³-hybridized carbons (Fsp3) is 0.208. The van der Waals surface area contributed by atoms with E-state index in [-0.39, 0.29) is 22.8 Å². The smallest absolute Gasteiger partial charge is 0.265 e. The standard InChI is InChI=1S/C24H22N6O5S2/c1-14-4-3-5-17(10-14)30-22-20(12-25-30)23(33)29-18(13-36-24(29)27-22)11-21(32)26-16-6-8-19(9-7-16)37(34,35)28-15(2)31/h3-10,12,18H,11,13H2,1-2H3,(H,26,32)(H,28,31). The van der Waals surface area contributed by atoms with Crippen LogP contribution >= 0.6 is 11.8 Å². The molecule has 3 heterocycles. The summed E-state index contributed by atoms with van der Waals surface area (Å²) in [5.74, 6) is -0.524. The van der Waals surface area contributed by atoms with Crippen molar-refractivity contribution in [3.05, 3.63) is 70.6 Å². The molecular weight excluding hydrogens is 516 g/mol. The molecule has 11 nitrogen and oxygen atoms in total. The van der Waals surface area contributed by atoms with Crippen molar-refractivity contribution in [1.29, 1.82) is 0 Å². The molecule has 1 aliphatic rings. The van der Waals surface area contributed by atoms with E-state index in [1.807, 2.05) is 35.9 Å². The third-order valence-corrected chi connectivity index (χ3v) is 8.31. The number of sulfonamides is 1. The molecule has 0 bridgehead atoms. The Bertz CT molecular complexity index is 1710. The fourth-order valence-electron chi connectivity index (χ4n) is 4.12. The number of amides is 2. The van der Waals surface area contributed by atoms with Crippen molar-refractivity contribution in [2.45, 2.75) is 36.4 Å². The van der Waals surface area contributed by atoms with Crippen molar-refractivity contribution in [3.63, 3.8) is 0 Å². The Balaban J connectivity index is 1.34. The lowest BCUT2D eigenvalue weighted by molar-refractivity contribution is -0.117. The summed E-state index contributed by atoms with van der Waals surface area (Å²) >= 11 is 1.40. The van der Waals surface area contributed by atoms with Crippen LogP contribution in [-0.4, -0.2) is 45.3 Å². The molecule has 0 spiro atoms. The second kappa shape index (κ2) is 9.48. The van der Waals surface area contributed by atoms with Crippen LogP contribution in [0.25, 0.3) is 16.7 Å². The van der Waals surface area contributed by atoms with Crippen LogP contribution in [0.15, 0.2) is 69.6 Å². The first-order valence-electron chi connectivity index (χ1n) is 11.3. The maximum atomic E-state index is 13.3. The highest BCUT2D eigenvalue weighted by Crippen LogP contribution is 2.33. The number of carbonyl (C=O) groups is 2. The van der Waals surface area contributed by atoms with Gasteiger partial charge in [0.15, 0.2) is 10.8 Å². The molecule has 13 heteroatoms. The minimum Gasteiger partial charge on any atom is -0.326 e. The Morgan fingerprint density at radius 1 is 1.16 bits per heavy atom. The fourth-order valence-corrected chi connectivity index (χ4v) is 6.24. The van der Waals surface area contributed by atoms with Crippen LogP contribution in [-0.2, 0) is 19.6 Å². The SMILES string of the molecule is CC(=O)NS(=O)(=O)c1ccc(NC(=O)CC2CSc3nc4c(cnn4-c4cccc(C)c4)c(=O)n32)cc1. The number of hydrogen-bond acceptors (Lipinski definition) is 8. The Hall–Kier alpha value is -3.97. The van der Waals surface area contributed by atoms with E-state index in [0.717, 1.165) is 18.2 Å². The van der Waals surface area contributed by atoms with Gasteiger partial charge in [-0.15, -0.1) is 0 Å². The number of rotatable bonds is 6. The van der Waals surface area contributed by atoms with Gasteiger partial charge < -0.3 is 5.32 Å². The summed E-state index contributed by atoms with van der Waals surface area (Å²) in [6.45, 7) is 3.08. The van der Waals surface area contributed by atoms with Crippen LogP contribution in [0.5, 0.6) is 0 Å². The number of hydrogen-bond donors (Lipinski definition) is 2. The molecule has 2 N–H and O–H groups in total. The van der Waals surface area contributed by atoms with E-state index in [1.54, 1.807) is 4.68 Å². The second-order valence-electron chi connectivity index (χ2n) is 8.61. The number of nitrogens with zero attached hydrogens (tertiary/aromatic N) is 4. The van der Waals surface area contributed by atoms with E-state index < -0.39 is 22.0 Å². The van der Waals surface area contributed by atoms with E-state index in [0.29, 0.717) is 27.6 Å². The van der Waals surface area contributed by atoms with Crippen LogP contribution in [0.4, 0.5) is 5.69 Å². The minimum atomic E-state index is -3.96. The molecule has 0 saturated heterocycles. The van der Waals surface area contributed by atoms with Crippen molar-refractivity contribution in [2.24, 2.45) is 0 Å². The maximum Gasteiger partial charge on any atom is 0.265 e. The van der Waals surface area contributed by atoms with Crippen LogP contribution in [0, 0.1) is 6.92 Å². The summed E-state index contributed by atoms with van der Waals surface area (Å²) in [5.41, 5.74) is 2.46. The molecule has 190 valence electrons. The quantitative estimate of drug-likeness (QED) is 0.356. The zero-order valence-corrected chi connectivity index (χ0v) is 21.5. The Labute approximate surface area is 216 Å². The monoisotopic (exact) mass is 538 g/mol. The van der Waals surface area contributed by atoms with Crippen molar-refractivity contribution in [3.8, 4) is 5.69 Å². The van der Waals surface area contributed by atoms with Gasteiger partial charge in [0, 0.05) is 24.8 Å². The van der Waals surface area contributed by atoms with Gasteiger partial charge in [-0.3, -0.25) is 19.0 Å². The van der Waals surface area contributed by atoms with Gasteiger partial charge in [-0.1, -0.05) is 23.9 Å². The van der Waals surface area contributed by atoms with Gasteiger partial charge in [0.2, 0.25) is 11.8 Å². The predicted molar refractivity (Wildman–Crippen MR) is 138 cm³/mol. The second-order valence-corrected chi connectivity index (χ2v) is 11.3. The van der Waals surface area contributed by atoms with Gasteiger partial charge in [-0.05, 0) is 48.9 Å². The summed E-state index contributed by atoms with van der Waals surface area (Å²) in [6, 6.07) is 12.8. The highest BCUT2D eigenvalue weighted by molar-refractivity contribution is 7.99. The van der Waals surface area contributed by atoms with E-state index in [9.17, 15) is 22.8 Å². The highest BCUT2D eigenvalue weighted by atomic mass is 32.2. The Morgan fingerprint density at radius 3 is 2.62 bits per heavy atom. The molecule has 4 aromatic rings. The molecule has 1 aliphatic heterocycles. The van der Waals surface area contributed by atoms with Gasteiger partial charge in [-0.2, -0.15) is 5.10 Å². The predicted octanol–water partition coefficient (Wildman–Crippen LogP) is 2.39. The number of thioether (sulfide) groups is 1. The lowest BCUT2D eigenvalue weighted by Gasteiger charge is -2.14. The normalized spacial score (nSPS) is 14.9. The maximum absolute atomic E-state index is 13.3. The largest absolute Gasteiger partial charge is 0.326 e. The van der Waals surface area contributed by atoms with E-state index in [2.05, 4.69) is 15.4 Å². The minimum absolute atomic E-state index is 0.0328. The van der Waals surface area contributed by atoms with Crippen molar-refractivity contribution >= 4 is 50.3 Å². The molecule has 0 radical (unpaired) electrons. The average molecular weight is 539 g/mol. The summed E-state index contributed by atoms with van der Waals surface area (Å²) < 4.78 is 29.2. The zero-order valence-electron chi connectivity index (χ0n) is 19.8. The number of anilines is 1. The average Bonchev–Trinajstić information content (AvgIpc) is 3.43. The molecule has 0 aliphatic carbocycles. The van der Waals surface area contributed by atoms with Crippen LogP contribution in [0.3, 0.4) is 0 Å². The van der Waals surface area contributed by atoms with E-state index in [4.69, 9.17) is 0 Å². The summed E-state index contributed by atoms with van der Waals surface area (Å²) in [6.07, 6.45) is 1.53. The molecule has 0 fully saturated rings. The van der Waals surface area contributed by atoms with E-state index in [1.165, 1.54) is 46.8 Å². The lowest BCUT2D eigenvalue weighted by atomic mass is 10.2. The first-order valence-corrected chi connectivity index (χ1v) is 13.7. The Kier molecular flexibility index (Phi) is 6.33. The number of nitrogens with one attached hydrogen (secondary N) is 2. The van der Waals surface area contributed by atoms with Crippen LogP contribution in [0.1, 0.15) is 24.9 Å². The first kappa shape index (κ1) is 24.7. The molecular formula is C24H22N6O5S2. The molecule has 37 heavy (non-hydrogen) atoms. The Morgan fingerprint density at radius 2 is 1.92 bits per heavy atom. The van der Waals surface area contributed by atoms with Gasteiger partial charge >= 0.3 is 0 Å².